The Bertz CT molecular complexity index is 5880. The Morgan fingerprint density at radius 2 is 1.15 bits per heavy atom. The van der Waals surface area contributed by atoms with Crippen molar-refractivity contribution in [3.63, 3.8) is 0 Å². The number of carbonyl (C=O) groups excluding carboxylic acids is 2. The number of rotatable bonds is 26. The maximum absolute atomic E-state index is 15.3. The van der Waals surface area contributed by atoms with Crippen LogP contribution in [0.2, 0.25) is 0 Å². The molecule has 0 radical (unpaired) electrons. The molecule has 6 aromatic carbocycles. The Kier molecular flexibility index (Phi) is 13.1. The molecule has 2 heterocycles. The van der Waals surface area contributed by atoms with Gasteiger partial charge in [-0.05, 0) is 171 Å². The van der Waals surface area contributed by atoms with Crippen LogP contribution in [-0.4, -0.2) is 103 Å². The Morgan fingerprint density at radius 3 is 1.74 bits per heavy atom. The molecule has 0 saturated heterocycles. The van der Waals surface area contributed by atoms with Gasteiger partial charge < -0.3 is 28.7 Å². The van der Waals surface area contributed by atoms with E-state index in [9.17, 15) is 59.1 Å². The quantitative estimate of drug-likeness (QED) is 0.0295. The molecule has 22 heteroatoms. The van der Waals surface area contributed by atoms with Crippen LogP contribution in [0.4, 0.5) is 35.1 Å². The third-order valence-electron chi connectivity index (χ3n) is 14.2. The predicted octanol–water partition coefficient (Wildman–Crippen LogP) is 15.3. The topological polar surface area (TPSA) is 117 Å². The SMILES string of the molecule is [2H]C([2H])(Sc1nc(=O)c2c(n1C([2H])([2H])C(=O)N(CCN(C([2H])([2H])C)C([2H])([2H])C)C([2H])(C)c1ccc(-c3ccc(C(F)(F)F)cc3)cc1)CCC2)c1ccc(F)cc1.[2H]c1c([2H])c(C([2H])([2H])Sc2nc(=O)c3c(n2C([2H])([2H])C(=O)N(CCN(C([2H])([2H])C)C([2H])([2H])C)C([2H])([2H])c2c([2H])c([2H])c(-c4c([2H])c([2H])c(C(F)(F)F)c(C)c4[2H])c([2H])c2[2H])C([2H])([2H])C([2H])([2H])C3([2H])[2H])c([2H])c([2H])c1F. The summed E-state index contributed by atoms with van der Waals surface area (Å²) in [4.78, 5) is 66.2. The van der Waals surface area contributed by atoms with Gasteiger partial charge in [-0.3, -0.25) is 19.2 Å². The molecule has 1 atom stereocenters. The number of alkyl halides is 6. The number of amides is 2. The van der Waals surface area contributed by atoms with E-state index in [4.69, 9.17) is 39.8 Å². The number of hydrogen-bond donors (Lipinski definition) is 0. The molecule has 0 aliphatic heterocycles. The van der Waals surface area contributed by atoms with E-state index in [1.165, 1.54) is 55.5 Å². The molecule has 12 nitrogen and oxygen atoms in total. The number of carbonyl (C=O) groups is 2. The first-order valence-electron chi connectivity index (χ1n) is 46.6. The lowest BCUT2D eigenvalue weighted by atomic mass is 9.98. The van der Waals surface area contributed by atoms with Gasteiger partial charge in [-0.25, -0.2) is 8.78 Å². The standard InChI is InChI=1S/2C37H40F4N4O2S/c1-4-43(5-2)21-22-44(25(3)27-11-13-28(14-12-27)29-15-17-30(18-16-29)37(39,40)41)34(46)23-45-33-8-6-7-32(33)35(47)42-36(45)48-24-26-9-19-31(38)20-10-26;1-4-43(5-2)19-20-44(22-26-9-13-28(14-10-26)29-15-18-32(25(3)21-29)37(39,40)41)34(46)23-45-33-8-6-7-31(33)35(47)42-36(45)48-24-27-11-16-30(38)17-12-27/h9-20,25H,4-8,21-24H2,1-3H3;9-18,21H,4-8,19-20,22-24H2,1-3H3/i4D2,5D2,23D2,24D2,25D;4D2,5D2,6D2,7D2,8D2,9D,10D,11D,12D,13D,14D,15D,16D,17D,18D,21D,22D2,23D2,24D2. The van der Waals surface area contributed by atoms with E-state index >= 15 is 4.79 Å². The molecule has 2 aliphatic rings. The van der Waals surface area contributed by atoms with Gasteiger partial charge in [0.2, 0.25) is 11.8 Å². The average molecular weight is 1400 g/mol. The summed E-state index contributed by atoms with van der Waals surface area (Å²) >= 11 is -0.292. The minimum Gasteiger partial charge on any atom is -0.336 e. The van der Waals surface area contributed by atoms with Gasteiger partial charge in [-0.1, -0.05) is 148 Å². The van der Waals surface area contributed by atoms with Gasteiger partial charge in [0.15, 0.2) is 10.3 Å². The molecule has 0 saturated carbocycles. The van der Waals surface area contributed by atoms with Crippen LogP contribution in [0.3, 0.4) is 0 Å². The minimum atomic E-state index is -5.32. The van der Waals surface area contributed by atoms with Gasteiger partial charge in [0.25, 0.3) is 11.1 Å². The molecule has 0 N–H and O–H groups in total. The summed E-state index contributed by atoms with van der Waals surface area (Å²) in [6.45, 7) is -20.1. The lowest BCUT2D eigenvalue weighted by molar-refractivity contribution is -0.138. The van der Waals surface area contributed by atoms with E-state index in [1.54, 1.807) is 0 Å². The number of halogens is 8. The lowest BCUT2D eigenvalue weighted by Crippen LogP contribution is -2.42. The van der Waals surface area contributed by atoms with Gasteiger partial charge >= 0.3 is 12.4 Å². The molecule has 2 aliphatic carbocycles. The Balaban J connectivity index is 0.000000308. The molecule has 0 bridgehead atoms. The number of benzene rings is 6. The third-order valence-corrected chi connectivity index (χ3v) is 15.8. The average Bonchev–Trinajstić information content (AvgIpc) is 1.51. The summed E-state index contributed by atoms with van der Waals surface area (Å²) < 4.78 is 422. The van der Waals surface area contributed by atoms with E-state index < -0.39 is 298 Å². The number of nitrogens with zero attached hydrogens (tertiary/aromatic N) is 8. The van der Waals surface area contributed by atoms with E-state index in [-0.39, 0.29) is 40.1 Å². The van der Waals surface area contributed by atoms with E-state index in [1.807, 2.05) is 0 Å². The van der Waals surface area contributed by atoms with Crippen LogP contribution in [0.25, 0.3) is 22.3 Å². The molecule has 1 unspecified atom stereocenters. The maximum Gasteiger partial charge on any atom is 0.416 e. The van der Waals surface area contributed by atoms with Gasteiger partial charge in [-0.15, -0.1) is 0 Å². The van der Waals surface area contributed by atoms with Gasteiger partial charge in [0, 0.05) is 91.3 Å². The lowest BCUT2D eigenvalue weighted by Gasteiger charge is -2.33. The number of aromatic nitrogens is 4. The third kappa shape index (κ3) is 18.6. The van der Waals surface area contributed by atoms with Crippen molar-refractivity contribution in [3.8, 4) is 22.3 Å². The van der Waals surface area contributed by atoms with Crippen LogP contribution in [0.15, 0.2) is 159 Å². The summed E-state index contributed by atoms with van der Waals surface area (Å²) in [6.07, 6.45) is -21.0. The molecule has 2 amide bonds. The molecule has 2 aromatic heterocycles. The van der Waals surface area contributed by atoms with Gasteiger partial charge in [0.1, 0.15) is 24.6 Å². The maximum atomic E-state index is 15.3. The highest BCUT2D eigenvalue weighted by atomic mass is 32.2. The highest BCUT2D eigenvalue weighted by Crippen LogP contribution is 2.36. The normalized spacial score (nSPS) is 21.9. The monoisotopic (exact) mass is 1400 g/mol. The second-order valence-corrected chi connectivity index (χ2v) is 21.8. The fourth-order valence-electron chi connectivity index (χ4n) is 9.29. The molecule has 8 aromatic rings. The Morgan fingerprint density at radius 1 is 0.604 bits per heavy atom. The second kappa shape index (κ2) is 32.9. The van der Waals surface area contributed by atoms with Crippen molar-refractivity contribution >= 4 is 35.3 Å². The van der Waals surface area contributed by atoms with E-state index in [0.717, 1.165) is 66.3 Å². The molecule has 96 heavy (non-hydrogen) atoms. The van der Waals surface area contributed by atoms with Crippen LogP contribution in [0.1, 0.15) is 164 Å². The van der Waals surface area contributed by atoms with Crippen LogP contribution < -0.4 is 11.1 Å². The molecule has 508 valence electrons. The van der Waals surface area contributed by atoms with Crippen LogP contribution in [0, 0.1) is 18.6 Å². The first kappa shape index (κ1) is 38.3. The Hall–Kier alpha value is -7.92. The number of fused-ring (bicyclic) bond motifs is 2. The fraction of sp³-hybridized carbons (Fsp3) is 0.378. The van der Waals surface area contributed by atoms with Crippen molar-refractivity contribution in [1.82, 2.24) is 38.7 Å². The van der Waals surface area contributed by atoms with Crippen LogP contribution in [-0.2, 0) is 78.4 Å². The summed E-state index contributed by atoms with van der Waals surface area (Å²) in [6, 6.07) is -3.49. The largest absolute Gasteiger partial charge is 0.416 e. The van der Waals surface area contributed by atoms with Crippen molar-refractivity contribution in [2.75, 3.05) is 52.2 Å². The first-order chi connectivity index (χ1) is 59.6. The number of likely N-dealkylation sites (N-methyl/N-ethyl adjacent to an activating group) is 2. The molecule has 10 rings (SSSR count). The van der Waals surface area contributed by atoms with E-state index in [0.29, 0.717) is 41.1 Å². The molecular weight excluding hydrogens is 1280 g/mol. The summed E-state index contributed by atoms with van der Waals surface area (Å²) in [5.41, 5.74) is -19.8. The zero-order valence-corrected chi connectivity index (χ0v) is 53.1. The zero-order valence-electron chi connectivity index (χ0n) is 87.4. The van der Waals surface area contributed by atoms with Gasteiger partial charge in [0.05, 0.1) is 41.8 Å². The van der Waals surface area contributed by atoms with Crippen molar-refractivity contribution in [3.05, 3.63) is 233 Å². The summed E-state index contributed by atoms with van der Waals surface area (Å²) in [7, 11) is 0. The van der Waals surface area contributed by atoms with E-state index in [2.05, 4.69) is 9.97 Å². The van der Waals surface area contributed by atoms with Crippen molar-refractivity contribution < 1.29 is 94.1 Å². The smallest absolute Gasteiger partial charge is 0.336 e. The summed E-state index contributed by atoms with van der Waals surface area (Å²) in [5, 5.41) is -2.12. The highest BCUT2D eigenvalue weighted by Gasteiger charge is 2.34. The zero-order chi connectivity index (χ0) is 101. The van der Waals surface area contributed by atoms with Crippen molar-refractivity contribution in [2.24, 2.45) is 0 Å². The predicted molar refractivity (Wildman–Crippen MR) is 363 cm³/mol. The molecule has 0 spiro atoms. The number of thioether (sulfide) groups is 2. The first-order valence-corrected chi connectivity index (χ1v) is 30.2. The van der Waals surface area contributed by atoms with Crippen LogP contribution in [0.5, 0.6) is 0 Å². The van der Waals surface area contributed by atoms with Crippen LogP contribution >= 0.6 is 23.5 Å². The van der Waals surface area contributed by atoms with Crippen molar-refractivity contribution in [2.45, 2.75) is 140 Å². The molecular formula is C74H80F8N8O4S2. The fourth-order valence-corrected chi connectivity index (χ4v) is 10.7. The summed E-state index contributed by atoms with van der Waals surface area (Å²) in [5.74, 6) is -6.26. The van der Waals surface area contributed by atoms with Crippen molar-refractivity contribution in [1.29, 1.82) is 0 Å². The minimum absolute atomic E-state index is 0.0371. The Labute approximate surface area is 614 Å². The number of hydrogen-bond acceptors (Lipinski definition) is 10. The van der Waals surface area contributed by atoms with Gasteiger partial charge in [-0.2, -0.15) is 36.3 Å². The second-order valence-electron chi connectivity index (χ2n) is 20.2. The molecule has 0 fully saturated rings. The highest BCUT2D eigenvalue weighted by molar-refractivity contribution is 7.98.